The van der Waals surface area contributed by atoms with Crippen molar-refractivity contribution < 1.29 is 27.8 Å². The van der Waals surface area contributed by atoms with Crippen molar-refractivity contribution in [3.63, 3.8) is 0 Å². The number of nitrogens with zero attached hydrogens (tertiary/aromatic N) is 4. The van der Waals surface area contributed by atoms with Crippen molar-refractivity contribution in [2.75, 3.05) is 25.6 Å². The number of hydrogen-bond donors (Lipinski definition) is 2. The molecule has 5 rings (SSSR count). The highest BCUT2D eigenvalue weighted by atomic mass is 19.3. The minimum absolute atomic E-state index is 0.0360. The average molecular weight is 511 g/mol. The molecule has 1 aromatic carbocycles. The van der Waals surface area contributed by atoms with E-state index in [0.29, 0.717) is 41.8 Å². The Hall–Kier alpha value is -4.48. The van der Waals surface area contributed by atoms with Gasteiger partial charge in [0.2, 0.25) is 5.95 Å². The van der Waals surface area contributed by atoms with Crippen molar-refractivity contribution in [2.45, 2.75) is 25.5 Å². The number of hydrogen-bond acceptors (Lipinski definition) is 8. The molecule has 0 atom stereocenters. The first kappa shape index (κ1) is 24.2. The zero-order valence-corrected chi connectivity index (χ0v) is 19.9. The molecule has 37 heavy (non-hydrogen) atoms. The van der Waals surface area contributed by atoms with Crippen LogP contribution in [0.2, 0.25) is 0 Å². The first-order valence-corrected chi connectivity index (χ1v) is 11.6. The number of methoxy groups -OCH3 is 1. The van der Waals surface area contributed by atoms with Gasteiger partial charge in [0, 0.05) is 36.3 Å². The van der Waals surface area contributed by atoms with Crippen LogP contribution in [-0.2, 0) is 0 Å². The lowest BCUT2D eigenvalue weighted by atomic mass is 10.1. The number of benzene rings is 1. The molecule has 1 saturated carbocycles. The normalized spacial score (nSPS) is 13.0. The van der Waals surface area contributed by atoms with Gasteiger partial charge in [-0.2, -0.15) is 8.78 Å². The van der Waals surface area contributed by atoms with Crippen LogP contribution in [0.25, 0.3) is 16.9 Å². The average Bonchev–Trinajstić information content (AvgIpc) is 3.61. The van der Waals surface area contributed by atoms with Gasteiger partial charge in [0.05, 0.1) is 25.5 Å². The Kier molecular flexibility index (Phi) is 6.97. The molecule has 1 aliphatic carbocycles. The van der Waals surface area contributed by atoms with E-state index in [9.17, 15) is 13.6 Å². The third-order valence-electron chi connectivity index (χ3n) is 5.64. The predicted molar refractivity (Wildman–Crippen MR) is 130 cm³/mol. The Morgan fingerprint density at radius 3 is 2.68 bits per heavy atom. The standard InChI is InChI=1S/C25H24F2N6O4/c1-35-19-11-15(12-20(37-24(26)27)22(19)23(34)32-16-3-4-16)18-14-31-21-13-17(5-9-33(18)21)36-10-8-30-25-28-6-2-7-29-25/h2,5-7,9,11-14,16,24H,3-4,8,10H2,1H3,(H,32,34)(H,28,29,30). The fourth-order valence-electron chi connectivity index (χ4n) is 3.78. The van der Waals surface area contributed by atoms with Crippen LogP contribution in [-0.4, -0.2) is 58.2 Å². The van der Waals surface area contributed by atoms with Gasteiger partial charge in [0.1, 0.15) is 35.1 Å². The van der Waals surface area contributed by atoms with Crippen LogP contribution in [0, 0.1) is 0 Å². The molecule has 1 aliphatic rings. The number of anilines is 1. The van der Waals surface area contributed by atoms with Crippen molar-refractivity contribution >= 4 is 17.5 Å². The number of ether oxygens (including phenoxy) is 3. The molecule has 3 aromatic heterocycles. The van der Waals surface area contributed by atoms with Gasteiger partial charge in [-0.1, -0.05) is 0 Å². The Balaban J connectivity index is 1.37. The fraction of sp³-hybridized carbons (Fsp3) is 0.280. The number of alkyl halides is 2. The van der Waals surface area contributed by atoms with Crippen LogP contribution >= 0.6 is 0 Å². The zero-order chi connectivity index (χ0) is 25.8. The first-order chi connectivity index (χ1) is 18.0. The van der Waals surface area contributed by atoms with Gasteiger partial charge >= 0.3 is 6.61 Å². The molecule has 10 nitrogen and oxygen atoms in total. The maximum absolute atomic E-state index is 13.2. The fourth-order valence-corrected chi connectivity index (χ4v) is 3.78. The van der Waals surface area contributed by atoms with E-state index in [1.165, 1.54) is 13.2 Å². The molecule has 0 bridgehead atoms. The van der Waals surface area contributed by atoms with Crippen molar-refractivity contribution in [1.82, 2.24) is 24.7 Å². The Morgan fingerprint density at radius 1 is 1.16 bits per heavy atom. The van der Waals surface area contributed by atoms with Gasteiger partial charge in [0.25, 0.3) is 5.91 Å². The minimum Gasteiger partial charge on any atom is -0.496 e. The number of pyridine rings is 1. The van der Waals surface area contributed by atoms with E-state index >= 15 is 0 Å². The van der Waals surface area contributed by atoms with E-state index < -0.39 is 12.5 Å². The number of amides is 1. The lowest BCUT2D eigenvalue weighted by molar-refractivity contribution is -0.0502. The van der Waals surface area contributed by atoms with Crippen LogP contribution in [0.5, 0.6) is 17.2 Å². The molecule has 4 aromatic rings. The number of fused-ring (bicyclic) bond motifs is 1. The molecule has 1 amide bonds. The summed E-state index contributed by atoms with van der Waals surface area (Å²) >= 11 is 0. The second kappa shape index (κ2) is 10.6. The molecule has 0 aliphatic heterocycles. The number of halogens is 2. The smallest absolute Gasteiger partial charge is 0.387 e. The van der Waals surface area contributed by atoms with Crippen molar-refractivity contribution in [3.05, 3.63) is 60.7 Å². The van der Waals surface area contributed by atoms with E-state index in [1.807, 2.05) is 0 Å². The highest BCUT2D eigenvalue weighted by molar-refractivity contribution is 6.01. The number of carbonyl (C=O) groups excluding carboxylic acids is 1. The van der Waals surface area contributed by atoms with E-state index in [2.05, 4.69) is 25.6 Å². The summed E-state index contributed by atoms with van der Waals surface area (Å²) in [6, 6.07) is 8.29. The maximum atomic E-state index is 13.2. The molecule has 1 fully saturated rings. The van der Waals surface area contributed by atoms with Crippen LogP contribution < -0.4 is 24.8 Å². The molecule has 0 unspecified atom stereocenters. The highest BCUT2D eigenvalue weighted by Gasteiger charge is 2.29. The number of rotatable bonds is 11. The quantitative estimate of drug-likeness (QED) is 0.293. The van der Waals surface area contributed by atoms with Crippen molar-refractivity contribution in [3.8, 4) is 28.5 Å². The summed E-state index contributed by atoms with van der Waals surface area (Å²) in [5.74, 6) is 0.450. The summed E-state index contributed by atoms with van der Waals surface area (Å²) in [4.78, 5) is 25.4. The van der Waals surface area contributed by atoms with Crippen LogP contribution in [0.4, 0.5) is 14.7 Å². The Bertz CT molecular complexity index is 1390. The summed E-state index contributed by atoms with van der Waals surface area (Å²) in [5.41, 5.74) is 1.59. The highest BCUT2D eigenvalue weighted by Crippen LogP contribution is 2.37. The summed E-state index contributed by atoms with van der Waals surface area (Å²) in [7, 11) is 1.37. The molecule has 12 heteroatoms. The summed E-state index contributed by atoms with van der Waals surface area (Å²) in [5, 5.41) is 5.85. The van der Waals surface area contributed by atoms with E-state index in [1.54, 1.807) is 53.5 Å². The van der Waals surface area contributed by atoms with Crippen LogP contribution in [0.1, 0.15) is 23.2 Å². The van der Waals surface area contributed by atoms with Gasteiger partial charge < -0.3 is 24.8 Å². The van der Waals surface area contributed by atoms with Crippen molar-refractivity contribution in [2.24, 2.45) is 0 Å². The van der Waals surface area contributed by atoms with Crippen LogP contribution in [0.15, 0.2) is 55.1 Å². The van der Waals surface area contributed by atoms with E-state index in [0.717, 1.165) is 12.8 Å². The largest absolute Gasteiger partial charge is 0.496 e. The van der Waals surface area contributed by atoms with Gasteiger partial charge in [-0.25, -0.2) is 15.0 Å². The maximum Gasteiger partial charge on any atom is 0.387 e. The van der Waals surface area contributed by atoms with E-state index in [4.69, 9.17) is 14.2 Å². The molecular weight excluding hydrogens is 486 g/mol. The molecule has 2 N–H and O–H groups in total. The minimum atomic E-state index is -3.11. The second-order valence-corrected chi connectivity index (χ2v) is 8.26. The Labute approximate surface area is 210 Å². The summed E-state index contributed by atoms with van der Waals surface area (Å²) < 4.78 is 44.2. The van der Waals surface area contributed by atoms with Crippen LogP contribution in [0.3, 0.4) is 0 Å². The van der Waals surface area contributed by atoms with Gasteiger partial charge in [-0.05, 0) is 37.1 Å². The third kappa shape index (κ3) is 5.68. The lowest BCUT2D eigenvalue weighted by Crippen LogP contribution is -2.26. The summed E-state index contributed by atoms with van der Waals surface area (Å²) in [6.45, 7) is -2.24. The molecule has 0 saturated heterocycles. The number of nitrogens with one attached hydrogen (secondary N) is 2. The zero-order valence-electron chi connectivity index (χ0n) is 19.9. The van der Waals surface area contributed by atoms with Gasteiger partial charge in [-0.3, -0.25) is 9.20 Å². The molecular formula is C25H24F2N6O4. The summed E-state index contributed by atoms with van der Waals surface area (Å²) in [6.07, 6.45) is 8.35. The molecule has 192 valence electrons. The third-order valence-corrected chi connectivity index (χ3v) is 5.64. The topological polar surface area (TPSA) is 112 Å². The SMILES string of the molecule is COc1cc(-c2cnc3cc(OCCNc4ncccn4)ccn23)cc(OC(F)F)c1C(=O)NC1CC1. The Morgan fingerprint density at radius 2 is 1.95 bits per heavy atom. The molecule has 0 spiro atoms. The molecule has 3 heterocycles. The monoisotopic (exact) mass is 510 g/mol. The van der Waals surface area contributed by atoms with E-state index in [-0.39, 0.29) is 23.1 Å². The molecule has 0 radical (unpaired) electrons. The predicted octanol–water partition coefficient (Wildman–Crippen LogP) is 3.78. The van der Waals surface area contributed by atoms with Crippen molar-refractivity contribution in [1.29, 1.82) is 0 Å². The first-order valence-electron chi connectivity index (χ1n) is 11.6. The second-order valence-electron chi connectivity index (χ2n) is 8.26. The number of carbonyl (C=O) groups is 1. The number of aromatic nitrogens is 4. The lowest BCUT2D eigenvalue weighted by Gasteiger charge is -2.16. The van der Waals surface area contributed by atoms with Gasteiger partial charge in [-0.15, -0.1) is 0 Å². The number of imidazole rings is 1. The van der Waals surface area contributed by atoms with Gasteiger partial charge in [0.15, 0.2) is 0 Å².